The molecule has 1 aromatic carbocycles. The number of carbonyl (C=O) groups excluding carboxylic acids is 1. The summed E-state index contributed by atoms with van der Waals surface area (Å²) in [5.74, 6) is -1.06. The van der Waals surface area contributed by atoms with Crippen LogP contribution in [0.15, 0.2) is 24.3 Å². The Kier molecular flexibility index (Phi) is 4.57. The number of carbonyl (C=O) groups is 2. The van der Waals surface area contributed by atoms with E-state index in [9.17, 15) is 9.59 Å². The maximum absolute atomic E-state index is 12.7. The van der Waals surface area contributed by atoms with Crippen LogP contribution in [-0.2, 0) is 15.0 Å². The normalized spacial score (nSPS) is 16.8. The first-order valence-corrected chi connectivity index (χ1v) is 7.48. The van der Waals surface area contributed by atoms with E-state index < -0.39 is 11.4 Å². The second kappa shape index (κ2) is 6.06. The molecule has 1 amide bonds. The average Bonchev–Trinajstić information content (AvgIpc) is 2.47. The van der Waals surface area contributed by atoms with E-state index in [0.717, 1.165) is 5.56 Å². The Hall–Kier alpha value is -1.55. The topological polar surface area (TPSA) is 57.6 Å². The van der Waals surface area contributed by atoms with Crippen molar-refractivity contribution in [3.05, 3.63) is 34.9 Å². The molecule has 0 spiro atoms. The Balaban J connectivity index is 2.09. The van der Waals surface area contributed by atoms with E-state index in [1.165, 1.54) is 0 Å². The molecular formula is C16H20ClNO3. The lowest BCUT2D eigenvalue weighted by Gasteiger charge is -2.36. The number of rotatable bonds is 3. The zero-order chi connectivity index (χ0) is 15.6. The molecule has 1 fully saturated rings. The molecule has 21 heavy (non-hydrogen) atoms. The molecule has 1 aliphatic rings. The van der Waals surface area contributed by atoms with Crippen molar-refractivity contribution in [2.24, 2.45) is 5.92 Å². The summed E-state index contributed by atoms with van der Waals surface area (Å²) in [7, 11) is 0. The monoisotopic (exact) mass is 309 g/mol. The fraction of sp³-hybridized carbons (Fsp3) is 0.500. The Morgan fingerprint density at radius 1 is 1.19 bits per heavy atom. The third-order valence-corrected chi connectivity index (χ3v) is 4.48. The van der Waals surface area contributed by atoms with Gasteiger partial charge < -0.3 is 10.0 Å². The standard InChI is InChI=1S/C16H20ClNO3/c1-16(2,12-3-5-13(17)6-4-12)15(21)18-9-7-11(8-10-18)14(19)20/h3-6,11H,7-10H2,1-2H3,(H,19,20). The van der Waals surface area contributed by atoms with E-state index in [4.69, 9.17) is 16.7 Å². The van der Waals surface area contributed by atoms with Crippen LogP contribution in [0, 0.1) is 5.92 Å². The molecule has 1 aliphatic heterocycles. The second-order valence-corrected chi connectivity index (χ2v) is 6.47. The number of piperidine rings is 1. The summed E-state index contributed by atoms with van der Waals surface area (Å²) in [6, 6.07) is 7.29. The number of hydrogen-bond donors (Lipinski definition) is 1. The minimum Gasteiger partial charge on any atom is -0.481 e. The molecule has 2 rings (SSSR count). The molecule has 0 bridgehead atoms. The van der Waals surface area contributed by atoms with Crippen molar-refractivity contribution in [1.82, 2.24) is 4.90 Å². The largest absolute Gasteiger partial charge is 0.481 e. The third-order valence-electron chi connectivity index (χ3n) is 4.23. The fourth-order valence-corrected chi connectivity index (χ4v) is 2.84. The molecule has 1 saturated heterocycles. The Labute approximate surface area is 129 Å². The molecular weight excluding hydrogens is 290 g/mol. The summed E-state index contributed by atoms with van der Waals surface area (Å²) in [5.41, 5.74) is 0.276. The van der Waals surface area contributed by atoms with Gasteiger partial charge in [0, 0.05) is 18.1 Å². The van der Waals surface area contributed by atoms with Crippen molar-refractivity contribution >= 4 is 23.5 Å². The summed E-state index contributed by atoms with van der Waals surface area (Å²) in [6.07, 6.45) is 1.05. The fourth-order valence-electron chi connectivity index (χ4n) is 2.71. The highest BCUT2D eigenvalue weighted by Gasteiger charge is 2.36. The van der Waals surface area contributed by atoms with Gasteiger partial charge >= 0.3 is 5.97 Å². The highest BCUT2D eigenvalue weighted by molar-refractivity contribution is 6.30. The number of hydrogen-bond acceptors (Lipinski definition) is 2. The Bertz CT molecular complexity index is 531. The van der Waals surface area contributed by atoms with Crippen LogP contribution in [-0.4, -0.2) is 35.0 Å². The van der Waals surface area contributed by atoms with E-state index in [2.05, 4.69) is 0 Å². The van der Waals surface area contributed by atoms with Gasteiger partial charge in [0.2, 0.25) is 5.91 Å². The van der Waals surface area contributed by atoms with E-state index in [0.29, 0.717) is 31.0 Å². The van der Waals surface area contributed by atoms with Gasteiger partial charge in [-0.2, -0.15) is 0 Å². The van der Waals surface area contributed by atoms with Crippen LogP contribution in [0.5, 0.6) is 0 Å². The van der Waals surface area contributed by atoms with Gasteiger partial charge in [0.05, 0.1) is 11.3 Å². The van der Waals surface area contributed by atoms with Crippen molar-refractivity contribution in [3.63, 3.8) is 0 Å². The Morgan fingerprint density at radius 3 is 2.19 bits per heavy atom. The highest BCUT2D eigenvalue weighted by atomic mass is 35.5. The molecule has 0 aromatic heterocycles. The molecule has 0 aliphatic carbocycles. The quantitative estimate of drug-likeness (QED) is 0.934. The van der Waals surface area contributed by atoms with Crippen molar-refractivity contribution in [2.75, 3.05) is 13.1 Å². The van der Waals surface area contributed by atoms with Crippen LogP contribution >= 0.6 is 11.6 Å². The van der Waals surface area contributed by atoms with E-state index >= 15 is 0 Å². The lowest BCUT2D eigenvalue weighted by atomic mass is 9.82. The summed E-state index contributed by atoms with van der Waals surface area (Å²) < 4.78 is 0. The molecule has 1 N–H and O–H groups in total. The van der Waals surface area contributed by atoms with Crippen molar-refractivity contribution in [1.29, 1.82) is 0 Å². The van der Waals surface area contributed by atoms with E-state index in [1.54, 1.807) is 17.0 Å². The predicted molar refractivity (Wildman–Crippen MR) is 81.4 cm³/mol. The molecule has 1 aromatic rings. The molecule has 4 nitrogen and oxygen atoms in total. The first-order valence-electron chi connectivity index (χ1n) is 7.10. The average molecular weight is 310 g/mol. The van der Waals surface area contributed by atoms with Crippen LogP contribution in [0.2, 0.25) is 5.02 Å². The van der Waals surface area contributed by atoms with Gasteiger partial charge in [-0.05, 0) is 44.4 Å². The molecule has 0 unspecified atom stereocenters. The predicted octanol–water partition coefficient (Wildman–Crippen LogP) is 2.94. The molecule has 5 heteroatoms. The lowest BCUT2D eigenvalue weighted by Crippen LogP contribution is -2.47. The summed E-state index contributed by atoms with van der Waals surface area (Å²) in [4.78, 5) is 25.5. The van der Waals surface area contributed by atoms with Crippen LogP contribution in [0.1, 0.15) is 32.3 Å². The van der Waals surface area contributed by atoms with Crippen LogP contribution in [0.3, 0.4) is 0 Å². The molecule has 114 valence electrons. The smallest absolute Gasteiger partial charge is 0.306 e. The summed E-state index contributed by atoms with van der Waals surface area (Å²) >= 11 is 5.88. The van der Waals surface area contributed by atoms with Gasteiger partial charge in [-0.25, -0.2) is 0 Å². The zero-order valence-corrected chi connectivity index (χ0v) is 13.1. The van der Waals surface area contributed by atoms with Gasteiger partial charge in [0.1, 0.15) is 0 Å². The molecule has 0 saturated carbocycles. The first-order chi connectivity index (χ1) is 9.82. The van der Waals surface area contributed by atoms with Crippen LogP contribution in [0.4, 0.5) is 0 Å². The lowest BCUT2D eigenvalue weighted by molar-refractivity contribution is -0.147. The number of benzene rings is 1. The van der Waals surface area contributed by atoms with E-state index in [-0.39, 0.29) is 11.8 Å². The zero-order valence-electron chi connectivity index (χ0n) is 12.3. The van der Waals surface area contributed by atoms with Crippen LogP contribution in [0.25, 0.3) is 0 Å². The number of carboxylic acids is 1. The van der Waals surface area contributed by atoms with E-state index in [1.807, 2.05) is 26.0 Å². The summed E-state index contributed by atoms with van der Waals surface area (Å²) in [5, 5.41) is 9.65. The number of likely N-dealkylation sites (tertiary alicyclic amines) is 1. The minimum absolute atomic E-state index is 0.0358. The number of carboxylic acid groups (broad SMARTS) is 1. The van der Waals surface area contributed by atoms with Crippen LogP contribution < -0.4 is 0 Å². The maximum atomic E-state index is 12.7. The first kappa shape index (κ1) is 15.8. The van der Waals surface area contributed by atoms with Gasteiger partial charge in [-0.15, -0.1) is 0 Å². The molecule has 0 atom stereocenters. The second-order valence-electron chi connectivity index (χ2n) is 6.04. The third kappa shape index (κ3) is 3.38. The molecule has 1 heterocycles. The van der Waals surface area contributed by atoms with Crippen molar-refractivity contribution in [2.45, 2.75) is 32.1 Å². The van der Waals surface area contributed by atoms with Gasteiger partial charge in [-0.3, -0.25) is 9.59 Å². The number of aliphatic carboxylic acids is 1. The molecule has 0 radical (unpaired) electrons. The number of halogens is 1. The SMILES string of the molecule is CC(C)(C(=O)N1CCC(C(=O)O)CC1)c1ccc(Cl)cc1. The van der Waals surface area contributed by atoms with Crippen molar-refractivity contribution in [3.8, 4) is 0 Å². The highest BCUT2D eigenvalue weighted by Crippen LogP contribution is 2.29. The Morgan fingerprint density at radius 2 is 1.71 bits per heavy atom. The summed E-state index contributed by atoms with van der Waals surface area (Å²) in [6.45, 7) is 4.79. The van der Waals surface area contributed by atoms with Crippen molar-refractivity contribution < 1.29 is 14.7 Å². The van der Waals surface area contributed by atoms with Gasteiger partial charge in [0.15, 0.2) is 0 Å². The maximum Gasteiger partial charge on any atom is 0.306 e. The van der Waals surface area contributed by atoms with Gasteiger partial charge in [-0.1, -0.05) is 23.7 Å². The number of nitrogens with zero attached hydrogens (tertiary/aromatic N) is 1. The van der Waals surface area contributed by atoms with Gasteiger partial charge in [0.25, 0.3) is 0 Å². The number of amides is 1. The minimum atomic E-state index is -0.765.